The van der Waals surface area contributed by atoms with Crippen LogP contribution in [-0.4, -0.2) is 18.4 Å². The maximum atomic E-state index is 13.3. The van der Waals surface area contributed by atoms with E-state index in [1.165, 1.54) is 5.56 Å². The summed E-state index contributed by atoms with van der Waals surface area (Å²) in [4.78, 5) is 27.2. The largest absolute Gasteiger partial charge is 0.356 e. The average molecular weight is 379 g/mol. The maximum Gasteiger partial charge on any atom is 0.230 e. The molecule has 1 saturated carbocycles. The fourth-order valence-electron chi connectivity index (χ4n) is 3.85. The number of nitrogens with one attached hydrogen (secondary N) is 1. The highest BCUT2D eigenvalue weighted by atomic mass is 16.2. The first-order valence-corrected chi connectivity index (χ1v) is 10.3. The number of likely N-dealkylation sites (N-methyl/N-ethyl adjacent to an activating group) is 1. The van der Waals surface area contributed by atoms with E-state index in [1.807, 2.05) is 36.1 Å². The van der Waals surface area contributed by atoms with Crippen LogP contribution in [0, 0.1) is 12.8 Å². The van der Waals surface area contributed by atoms with Crippen LogP contribution in [0.5, 0.6) is 0 Å². The summed E-state index contributed by atoms with van der Waals surface area (Å²) >= 11 is 0. The summed E-state index contributed by atoms with van der Waals surface area (Å²) in [5, 5.41) is 2.84. The molecule has 1 aliphatic carbocycles. The Labute approximate surface area is 167 Å². The number of hydrogen-bond acceptors (Lipinski definition) is 2. The van der Waals surface area contributed by atoms with Crippen molar-refractivity contribution in [3.05, 3.63) is 65.2 Å². The van der Waals surface area contributed by atoms with Gasteiger partial charge < -0.3 is 10.2 Å². The molecule has 2 aromatic carbocycles. The van der Waals surface area contributed by atoms with Crippen LogP contribution in [0.2, 0.25) is 0 Å². The Balaban J connectivity index is 1.86. The molecule has 0 aromatic heterocycles. The number of carbonyl (C=O) groups is 2. The number of aryl methyl sites for hydroxylation is 1. The lowest BCUT2D eigenvalue weighted by Crippen LogP contribution is -2.35. The van der Waals surface area contributed by atoms with Gasteiger partial charge in [0.2, 0.25) is 11.8 Å². The van der Waals surface area contributed by atoms with Crippen LogP contribution >= 0.6 is 0 Å². The summed E-state index contributed by atoms with van der Waals surface area (Å²) < 4.78 is 0. The van der Waals surface area contributed by atoms with Gasteiger partial charge in [-0.2, -0.15) is 0 Å². The summed E-state index contributed by atoms with van der Waals surface area (Å²) in [6.45, 7) is 5.16. The summed E-state index contributed by atoms with van der Waals surface area (Å²) in [6.07, 6.45) is 4.54. The van der Waals surface area contributed by atoms with Crippen LogP contribution in [0.4, 0.5) is 5.69 Å². The van der Waals surface area contributed by atoms with Gasteiger partial charge in [-0.3, -0.25) is 9.59 Å². The first kappa shape index (κ1) is 20.1. The molecule has 0 radical (unpaired) electrons. The van der Waals surface area contributed by atoms with E-state index < -0.39 is 0 Å². The molecule has 1 fully saturated rings. The smallest absolute Gasteiger partial charge is 0.230 e. The molecule has 4 heteroatoms. The number of nitrogens with zero attached hydrogens (tertiary/aromatic N) is 1. The molecule has 0 unspecified atom stereocenters. The molecule has 2 aromatic rings. The normalized spacial score (nSPS) is 14.1. The van der Waals surface area contributed by atoms with Crippen LogP contribution in [0.15, 0.2) is 48.5 Å². The van der Waals surface area contributed by atoms with Gasteiger partial charge >= 0.3 is 0 Å². The van der Waals surface area contributed by atoms with E-state index in [4.69, 9.17) is 0 Å². The highest BCUT2D eigenvalue weighted by molar-refractivity contribution is 5.95. The standard InChI is InChI=1S/C24H30N2O2/c1-3-25-23(27)16-20-7-6-10-22(15-20)26(24(28)21-8-4-5-9-21)17-19-13-11-18(2)12-14-19/h6-7,10-15,21H,3-5,8-9,16-17H2,1-2H3,(H,25,27). The Kier molecular flexibility index (Phi) is 6.85. The van der Waals surface area contributed by atoms with Gasteiger partial charge in [-0.15, -0.1) is 0 Å². The minimum Gasteiger partial charge on any atom is -0.356 e. The Bertz CT molecular complexity index is 808. The zero-order valence-corrected chi connectivity index (χ0v) is 16.9. The van der Waals surface area contributed by atoms with Gasteiger partial charge in [0.15, 0.2) is 0 Å². The number of amides is 2. The van der Waals surface area contributed by atoms with Crippen molar-refractivity contribution in [2.75, 3.05) is 11.4 Å². The van der Waals surface area contributed by atoms with Crippen LogP contribution in [0.25, 0.3) is 0 Å². The molecule has 0 heterocycles. The van der Waals surface area contributed by atoms with Crippen LogP contribution in [-0.2, 0) is 22.6 Å². The van der Waals surface area contributed by atoms with Gasteiger partial charge in [-0.25, -0.2) is 0 Å². The third-order valence-corrected chi connectivity index (χ3v) is 5.39. The van der Waals surface area contributed by atoms with Gasteiger partial charge in [-0.05, 0) is 49.9 Å². The highest BCUT2D eigenvalue weighted by Crippen LogP contribution is 2.30. The number of carbonyl (C=O) groups excluding carboxylic acids is 2. The molecule has 148 valence electrons. The lowest BCUT2D eigenvalue weighted by Gasteiger charge is -2.26. The van der Waals surface area contributed by atoms with E-state index in [0.717, 1.165) is 42.5 Å². The number of anilines is 1. The monoisotopic (exact) mass is 378 g/mol. The highest BCUT2D eigenvalue weighted by Gasteiger charge is 2.28. The quantitative estimate of drug-likeness (QED) is 0.776. The van der Waals surface area contributed by atoms with Crippen LogP contribution in [0.1, 0.15) is 49.3 Å². The van der Waals surface area contributed by atoms with Crippen molar-refractivity contribution >= 4 is 17.5 Å². The second kappa shape index (κ2) is 9.54. The minimum atomic E-state index is 0.00635. The van der Waals surface area contributed by atoms with E-state index in [2.05, 4.69) is 36.5 Å². The SMILES string of the molecule is CCNC(=O)Cc1cccc(N(Cc2ccc(C)cc2)C(=O)C2CCCC2)c1. The van der Waals surface area contributed by atoms with Crippen LogP contribution < -0.4 is 10.2 Å². The minimum absolute atomic E-state index is 0.00635. The van der Waals surface area contributed by atoms with Gasteiger partial charge in [0.25, 0.3) is 0 Å². The van der Waals surface area contributed by atoms with Crippen molar-refractivity contribution in [1.29, 1.82) is 0 Å². The van der Waals surface area contributed by atoms with Crippen molar-refractivity contribution in [2.45, 2.75) is 52.5 Å². The number of hydrogen-bond donors (Lipinski definition) is 1. The Morgan fingerprint density at radius 3 is 2.43 bits per heavy atom. The molecule has 0 saturated heterocycles. The van der Waals surface area contributed by atoms with Gasteiger partial charge in [-0.1, -0.05) is 54.8 Å². The Morgan fingerprint density at radius 2 is 1.75 bits per heavy atom. The molecule has 28 heavy (non-hydrogen) atoms. The molecule has 3 rings (SSSR count). The van der Waals surface area contributed by atoms with Crippen LogP contribution in [0.3, 0.4) is 0 Å². The fourth-order valence-corrected chi connectivity index (χ4v) is 3.85. The summed E-state index contributed by atoms with van der Waals surface area (Å²) in [5.41, 5.74) is 4.13. The molecule has 0 aliphatic heterocycles. The van der Waals surface area contributed by atoms with E-state index in [9.17, 15) is 9.59 Å². The van der Waals surface area contributed by atoms with E-state index >= 15 is 0 Å². The Hall–Kier alpha value is -2.62. The van der Waals surface area contributed by atoms with E-state index in [-0.39, 0.29) is 17.7 Å². The van der Waals surface area contributed by atoms with Crippen molar-refractivity contribution in [3.8, 4) is 0 Å². The number of benzene rings is 2. The lowest BCUT2D eigenvalue weighted by molar-refractivity contribution is -0.122. The molecule has 4 nitrogen and oxygen atoms in total. The van der Waals surface area contributed by atoms with E-state index in [1.54, 1.807) is 0 Å². The predicted molar refractivity (Wildman–Crippen MR) is 113 cm³/mol. The molecular weight excluding hydrogens is 348 g/mol. The van der Waals surface area contributed by atoms with Crippen molar-refractivity contribution < 1.29 is 9.59 Å². The predicted octanol–water partition coefficient (Wildman–Crippen LogP) is 4.40. The first-order valence-electron chi connectivity index (χ1n) is 10.3. The van der Waals surface area contributed by atoms with Crippen molar-refractivity contribution in [2.24, 2.45) is 5.92 Å². The molecule has 2 amide bonds. The lowest BCUT2D eigenvalue weighted by atomic mass is 10.0. The zero-order chi connectivity index (χ0) is 19.9. The maximum absolute atomic E-state index is 13.3. The first-order chi connectivity index (χ1) is 13.6. The topological polar surface area (TPSA) is 49.4 Å². The fraction of sp³-hybridized carbons (Fsp3) is 0.417. The molecule has 0 bridgehead atoms. The van der Waals surface area contributed by atoms with Gasteiger partial charge in [0, 0.05) is 18.2 Å². The second-order valence-corrected chi connectivity index (χ2v) is 7.69. The summed E-state index contributed by atoms with van der Waals surface area (Å²) in [6, 6.07) is 16.2. The molecule has 1 N–H and O–H groups in total. The number of rotatable bonds is 7. The zero-order valence-electron chi connectivity index (χ0n) is 16.9. The van der Waals surface area contributed by atoms with Gasteiger partial charge in [0.05, 0.1) is 13.0 Å². The molecular formula is C24H30N2O2. The Morgan fingerprint density at radius 1 is 1.04 bits per heavy atom. The summed E-state index contributed by atoms with van der Waals surface area (Å²) in [5.74, 6) is 0.317. The molecule has 0 spiro atoms. The average Bonchev–Trinajstić information content (AvgIpc) is 3.22. The van der Waals surface area contributed by atoms with Crippen molar-refractivity contribution in [1.82, 2.24) is 5.32 Å². The second-order valence-electron chi connectivity index (χ2n) is 7.69. The third-order valence-electron chi connectivity index (χ3n) is 5.39. The van der Waals surface area contributed by atoms with Crippen molar-refractivity contribution in [3.63, 3.8) is 0 Å². The third kappa shape index (κ3) is 5.22. The molecule has 1 aliphatic rings. The molecule has 0 atom stereocenters. The van der Waals surface area contributed by atoms with Gasteiger partial charge in [0.1, 0.15) is 0 Å². The summed E-state index contributed by atoms with van der Waals surface area (Å²) in [7, 11) is 0. The van der Waals surface area contributed by atoms with E-state index in [0.29, 0.717) is 19.5 Å².